The fraction of sp³-hybridized carbons (Fsp3) is 0.333. The van der Waals surface area contributed by atoms with Gasteiger partial charge in [0.05, 0.1) is 0 Å². The summed E-state index contributed by atoms with van der Waals surface area (Å²) in [4.78, 5) is 26.2. The van der Waals surface area contributed by atoms with Crippen LogP contribution in [0.25, 0.3) is 0 Å². The fourth-order valence-corrected chi connectivity index (χ4v) is 4.34. The van der Waals surface area contributed by atoms with Gasteiger partial charge >= 0.3 is 0 Å². The maximum atomic E-state index is 12.6. The van der Waals surface area contributed by atoms with Crippen molar-refractivity contribution >= 4 is 11.8 Å². The van der Waals surface area contributed by atoms with E-state index in [0.29, 0.717) is 18.5 Å². The number of carbonyl (C=O) groups excluding carboxylic acids is 2. The van der Waals surface area contributed by atoms with E-state index in [4.69, 9.17) is 5.21 Å². The second kappa shape index (κ2) is 6.57. The summed E-state index contributed by atoms with van der Waals surface area (Å²) in [6.07, 6.45) is 3.26. The summed E-state index contributed by atoms with van der Waals surface area (Å²) in [5.41, 5.74) is 5.66. The number of amides is 2. The summed E-state index contributed by atoms with van der Waals surface area (Å²) in [6.45, 7) is 1.46. The van der Waals surface area contributed by atoms with E-state index in [1.165, 1.54) is 5.56 Å². The highest BCUT2D eigenvalue weighted by Crippen LogP contribution is 2.43. The first-order valence-electron chi connectivity index (χ1n) is 8.97. The van der Waals surface area contributed by atoms with Crippen LogP contribution in [0.15, 0.2) is 48.5 Å². The molecule has 2 N–H and O–H groups in total. The van der Waals surface area contributed by atoms with Gasteiger partial charge < -0.3 is 4.90 Å². The summed E-state index contributed by atoms with van der Waals surface area (Å²) in [5.74, 6) is -0.258. The molecule has 1 atom stereocenters. The molecule has 0 radical (unpaired) electrons. The molecule has 2 aromatic rings. The standard InChI is InChI=1S/C21H22N2O3/c24-19-12-21(14-23(19)13-15-4-2-1-3-5-15)9-8-16-10-17(20(25)22-26)6-7-18(16)11-21/h1-7,10,26H,8-9,11-14H2,(H,22,25)/t21-/m0/s1. The minimum absolute atomic E-state index is 0.000379. The highest BCUT2D eigenvalue weighted by Gasteiger charge is 2.44. The average Bonchev–Trinajstić information content (AvgIpc) is 2.96. The molecule has 134 valence electrons. The van der Waals surface area contributed by atoms with Crippen LogP contribution in [0.2, 0.25) is 0 Å². The van der Waals surface area contributed by atoms with Crippen molar-refractivity contribution in [2.75, 3.05) is 6.54 Å². The summed E-state index contributed by atoms with van der Waals surface area (Å²) >= 11 is 0. The van der Waals surface area contributed by atoms with Crippen molar-refractivity contribution in [2.24, 2.45) is 5.41 Å². The van der Waals surface area contributed by atoms with E-state index < -0.39 is 5.91 Å². The first-order valence-corrected chi connectivity index (χ1v) is 8.97. The van der Waals surface area contributed by atoms with Crippen LogP contribution >= 0.6 is 0 Å². The summed E-state index contributed by atoms with van der Waals surface area (Å²) in [7, 11) is 0. The van der Waals surface area contributed by atoms with E-state index in [1.54, 1.807) is 11.5 Å². The number of nitrogens with zero attached hydrogens (tertiary/aromatic N) is 1. The lowest BCUT2D eigenvalue weighted by Crippen LogP contribution is -2.33. The number of nitrogens with one attached hydrogen (secondary N) is 1. The van der Waals surface area contributed by atoms with Crippen LogP contribution in [0.3, 0.4) is 0 Å². The van der Waals surface area contributed by atoms with E-state index in [0.717, 1.165) is 36.9 Å². The Bertz CT molecular complexity index is 850. The van der Waals surface area contributed by atoms with Crippen molar-refractivity contribution in [2.45, 2.75) is 32.2 Å². The number of aryl methyl sites for hydroxylation is 1. The molecule has 5 nitrogen and oxygen atoms in total. The van der Waals surface area contributed by atoms with Gasteiger partial charge in [-0.2, -0.15) is 0 Å². The molecule has 2 aliphatic rings. The van der Waals surface area contributed by atoms with Crippen LogP contribution in [-0.4, -0.2) is 28.5 Å². The molecule has 0 saturated carbocycles. The zero-order valence-electron chi connectivity index (χ0n) is 14.6. The van der Waals surface area contributed by atoms with E-state index in [2.05, 4.69) is 12.1 Å². The molecule has 0 unspecified atom stereocenters. The predicted octanol–water partition coefficient (Wildman–Crippen LogP) is 2.71. The second-order valence-corrected chi connectivity index (χ2v) is 7.51. The number of likely N-dealkylation sites (tertiary alicyclic amines) is 1. The van der Waals surface area contributed by atoms with Gasteiger partial charge in [-0.25, -0.2) is 5.48 Å². The number of hydroxylamine groups is 1. The molecular weight excluding hydrogens is 328 g/mol. The van der Waals surface area contributed by atoms with Gasteiger partial charge in [-0.3, -0.25) is 14.8 Å². The average molecular weight is 350 g/mol. The Morgan fingerprint density at radius 3 is 2.69 bits per heavy atom. The van der Waals surface area contributed by atoms with Gasteiger partial charge in [0.15, 0.2) is 0 Å². The van der Waals surface area contributed by atoms with Gasteiger partial charge in [-0.1, -0.05) is 36.4 Å². The monoisotopic (exact) mass is 350 g/mol. The molecule has 26 heavy (non-hydrogen) atoms. The van der Waals surface area contributed by atoms with Crippen LogP contribution < -0.4 is 5.48 Å². The molecule has 1 aliphatic heterocycles. The zero-order chi connectivity index (χ0) is 18.1. The Kier molecular flexibility index (Phi) is 4.24. The summed E-state index contributed by atoms with van der Waals surface area (Å²) in [5, 5.41) is 8.80. The zero-order valence-corrected chi connectivity index (χ0v) is 14.6. The van der Waals surface area contributed by atoms with Crippen molar-refractivity contribution in [1.82, 2.24) is 10.4 Å². The van der Waals surface area contributed by atoms with Crippen molar-refractivity contribution in [3.05, 3.63) is 70.8 Å². The third kappa shape index (κ3) is 3.10. The van der Waals surface area contributed by atoms with E-state index >= 15 is 0 Å². The Morgan fingerprint density at radius 2 is 1.92 bits per heavy atom. The van der Waals surface area contributed by atoms with Crippen LogP contribution in [-0.2, 0) is 24.2 Å². The van der Waals surface area contributed by atoms with Crippen LogP contribution in [0, 0.1) is 5.41 Å². The largest absolute Gasteiger partial charge is 0.338 e. The first-order chi connectivity index (χ1) is 12.6. The molecule has 0 bridgehead atoms. The topological polar surface area (TPSA) is 69.6 Å². The van der Waals surface area contributed by atoms with Gasteiger partial charge in [0.1, 0.15) is 0 Å². The SMILES string of the molecule is O=C(NO)c1ccc2c(c1)CC[C@@]1(CC(=O)N(Cc3ccccc3)C1)C2. The second-order valence-electron chi connectivity index (χ2n) is 7.51. The number of hydrogen-bond donors (Lipinski definition) is 2. The first kappa shape index (κ1) is 16.8. The Hall–Kier alpha value is -2.66. The van der Waals surface area contributed by atoms with Gasteiger partial charge in [-0.15, -0.1) is 0 Å². The van der Waals surface area contributed by atoms with E-state index in [1.807, 2.05) is 35.2 Å². The molecule has 1 heterocycles. The molecule has 0 aromatic heterocycles. The molecule has 4 rings (SSSR count). The van der Waals surface area contributed by atoms with Crippen LogP contribution in [0.4, 0.5) is 0 Å². The quantitative estimate of drug-likeness (QED) is 0.661. The molecule has 1 spiro atoms. The highest BCUT2D eigenvalue weighted by atomic mass is 16.5. The molecule has 2 aromatic carbocycles. The number of rotatable bonds is 3. The Labute approximate surface area is 152 Å². The lowest BCUT2D eigenvalue weighted by atomic mass is 9.70. The lowest BCUT2D eigenvalue weighted by Gasteiger charge is -2.34. The van der Waals surface area contributed by atoms with Crippen LogP contribution in [0.5, 0.6) is 0 Å². The normalized spacial score (nSPS) is 21.7. The Morgan fingerprint density at radius 1 is 1.12 bits per heavy atom. The number of hydrogen-bond acceptors (Lipinski definition) is 3. The maximum absolute atomic E-state index is 12.6. The van der Waals surface area contributed by atoms with Gasteiger partial charge in [0, 0.05) is 30.5 Å². The van der Waals surface area contributed by atoms with E-state index in [9.17, 15) is 9.59 Å². The molecule has 1 saturated heterocycles. The number of fused-ring (bicyclic) bond motifs is 1. The van der Waals surface area contributed by atoms with Crippen molar-refractivity contribution in [1.29, 1.82) is 0 Å². The fourth-order valence-electron chi connectivity index (χ4n) is 4.34. The molecular formula is C21H22N2O3. The predicted molar refractivity (Wildman–Crippen MR) is 96.6 cm³/mol. The van der Waals surface area contributed by atoms with Crippen molar-refractivity contribution in [3.8, 4) is 0 Å². The van der Waals surface area contributed by atoms with Gasteiger partial charge in [-0.05, 0) is 48.1 Å². The Balaban J connectivity index is 1.51. The van der Waals surface area contributed by atoms with Gasteiger partial charge in [0.2, 0.25) is 5.91 Å². The lowest BCUT2D eigenvalue weighted by molar-refractivity contribution is -0.128. The molecule has 1 aliphatic carbocycles. The third-order valence-electron chi connectivity index (χ3n) is 5.68. The summed E-state index contributed by atoms with van der Waals surface area (Å²) < 4.78 is 0. The van der Waals surface area contributed by atoms with Crippen molar-refractivity contribution in [3.63, 3.8) is 0 Å². The third-order valence-corrected chi connectivity index (χ3v) is 5.68. The van der Waals surface area contributed by atoms with Gasteiger partial charge in [0.25, 0.3) is 5.91 Å². The van der Waals surface area contributed by atoms with Crippen molar-refractivity contribution < 1.29 is 14.8 Å². The molecule has 1 fully saturated rings. The van der Waals surface area contributed by atoms with E-state index in [-0.39, 0.29) is 11.3 Å². The van der Waals surface area contributed by atoms with Crippen LogP contribution in [0.1, 0.15) is 39.9 Å². The number of carbonyl (C=O) groups is 2. The summed E-state index contributed by atoms with van der Waals surface area (Å²) in [6, 6.07) is 15.7. The number of benzene rings is 2. The maximum Gasteiger partial charge on any atom is 0.274 e. The molecule has 2 amide bonds. The minimum atomic E-state index is -0.488. The molecule has 5 heteroatoms. The highest BCUT2D eigenvalue weighted by molar-refractivity contribution is 5.93. The minimum Gasteiger partial charge on any atom is -0.338 e. The smallest absolute Gasteiger partial charge is 0.274 e.